The molecule has 1 aromatic carbocycles. The molecule has 4 rings (SSSR count). The maximum Gasteiger partial charge on any atom is 0.152 e. The molecule has 1 saturated heterocycles. The van der Waals surface area contributed by atoms with Crippen molar-refractivity contribution in [2.24, 2.45) is 7.05 Å². The van der Waals surface area contributed by atoms with E-state index in [4.69, 9.17) is 0 Å². The molecule has 3 aromatic rings. The van der Waals surface area contributed by atoms with Crippen LogP contribution in [0.4, 0.5) is 4.39 Å². The normalized spacial score (nSPS) is 15.8. The second-order valence-corrected chi connectivity index (χ2v) is 7.65. The fraction of sp³-hybridized carbons (Fsp3) is 0.409. The number of hydrogen-bond acceptors (Lipinski definition) is 5. The second-order valence-electron chi connectivity index (χ2n) is 7.65. The highest BCUT2D eigenvalue weighted by Crippen LogP contribution is 2.24. The van der Waals surface area contributed by atoms with Crippen LogP contribution < -0.4 is 0 Å². The van der Waals surface area contributed by atoms with Gasteiger partial charge in [0.15, 0.2) is 5.78 Å². The first-order valence-electron chi connectivity index (χ1n) is 10.00. The van der Waals surface area contributed by atoms with Gasteiger partial charge in [-0.2, -0.15) is 0 Å². The molecular formula is C22H26FN5O. The third kappa shape index (κ3) is 4.68. The van der Waals surface area contributed by atoms with Crippen LogP contribution in [0.5, 0.6) is 0 Å². The van der Waals surface area contributed by atoms with Gasteiger partial charge < -0.3 is 4.57 Å². The number of carbonyl (C=O) groups excluding carboxylic acids is 1. The summed E-state index contributed by atoms with van der Waals surface area (Å²) >= 11 is 0. The summed E-state index contributed by atoms with van der Waals surface area (Å²) in [6, 6.07) is 8.24. The zero-order valence-electron chi connectivity index (χ0n) is 16.7. The van der Waals surface area contributed by atoms with Crippen LogP contribution in [0.15, 0.2) is 43.0 Å². The number of pyridine rings is 1. The van der Waals surface area contributed by atoms with E-state index in [2.05, 4.69) is 31.9 Å². The number of benzene rings is 1. The van der Waals surface area contributed by atoms with Crippen molar-refractivity contribution in [3.8, 4) is 11.3 Å². The van der Waals surface area contributed by atoms with Crippen molar-refractivity contribution in [1.29, 1.82) is 0 Å². The Balaban J connectivity index is 1.41. The largest absolute Gasteiger partial charge is 0.334 e. The number of piperazine rings is 1. The Morgan fingerprint density at radius 2 is 1.86 bits per heavy atom. The zero-order valence-corrected chi connectivity index (χ0v) is 16.7. The van der Waals surface area contributed by atoms with Gasteiger partial charge >= 0.3 is 0 Å². The van der Waals surface area contributed by atoms with Gasteiger partial charge in [0.05, 0.1) is 31.2 Å². The maximum atomic E-state index is 12.6. The number of imidazole rings is 1. The zero-order chi connectivity index (χ0) is 20.2. The summed E-state index contributed by atoms with van der Waals surface area (Å²) in [5.74, 6) is 0.165. The lowest BCUT2D eigenvalue weighted by molar-refractivity contribution is -0.120. The maximum absolute atomic E-state index is 12.6. The summed E-state index contributed by atoms with van der Waals surface area (Å²) in [5, 5.41) is 2.12. The third-order valence-electron chi connectivity index (χ3n) is 5.53. The highest BCUT2D eigenvalue weighted by Gasteiger charge is 2.19. The highest BCUT2D eigenvalue weighted by molar-refractivity contribution is 5.88. The number of hydrogen-bond donors (Lipinski definition) is 0. The average Bonchev–Trinajstić information content (AvgIpc) is 3.15. The van der Waals surface area contributed by atoms with E-state index in [-0.39, 0.29) is 12.5 Å². The Morgan fingerprint density at radius 3 is 2.59 bits per heavy atom. The van der Waals surface area contributed by atoms with Crippen LogP contribution in [0.2, 0.25) is 0 Å². The monoisotopic (exact) mass is 395 g/mol. The van der Waals surface area contributed by atoms with E-state index in [1.54, 1.807) is 6.33 Å². The van der Waals surface area contributed by atoms with Crippen molar-refractivity contribution in [3.63, 3.8) is 0 Å². The number of carbonyl (C=O) groups is 1. The van der Waals surface area contributed by atoms with Crippen molar-refractivity contribution in [2.75, 3.05) is 45.9 Å². The first kappa shape index (κ1) is 19.7. The van der Waals surface area contributed by atoms with E-state index in [1.165, 1.54) is 0 Å². The van der Waals surface area contributed by atoms with Crippen molar-refractivity contribution >= 4 is 16.6 Å². The summed E-state index contributed by atoms with van der Waals surface area (Å²) in [6.07, 6.45) is 5.80. The van der Waals surface area contributed by atoms with Crippen LogP contribution in [0.3, 0.4) is 0 Å². The van der Waals surface area contributed by atoms with Crippen LogP contribution in [-0.4, -0.2) is 76.1 Å². The molecule has 6 nitrogen and oxygen atoms in total. The van der Waals surface area contributed by atoms with Gasteiger partial charge in [-0.15, -0.1) is 0 Å². The van der Waals surface area contributed by atoms with Crippen LogP contribution in [0.25, 0.3) is 22.0 Å². The van der Waals surface area contributed by atoms with E-state index >= 15 is 0 Å². The smallest absolute Gasteiger partial charge is 0.152 e. The Bertz CT molecular complexity index is 994. The van der Waals surface area contributed by atoms with Crippen molar-refractivity contribution < 1.29 is 9.18 Å². The molecule has 0 spiro atoms. The third-order valence-corrected chi connectivity index (χ3v) is 5.53. The number of halogens is 1. The molecule has 1 fully saturated rings. The van der Waals surface area contributed by atoms with E-state index in [1.807, 2.05) is 36.1 Å². The summed E-state index contributed by atoms with van der Waals surface area (Å²) in [4.78, 5) is 25.5. The number of alkyl halides is 1. The predicted molar refractivity (Wildman–Crippen MR) is 112 cm³/mol. The van der Waals surface area contributed by atoms with E-state index in [0.717, 1.165) is 53.9 Å². The SMILES string of the molecule is Cn1cncc1-c1ccc2cnc(CC(=O)CN3CCN(CCF)CC3)cc2c1. The van der Waals surface area contributed by atoms with Gasteiger partial charge in [0.1, 0.15) is 6.67 Å². The lowest BCUT2D eigenvalue weighted by Crippen LogP contribution is -2.48. The average molecular weight is 395 g/mol. The van der Waals surface area contributed by atoms with Gasteiger partial charge in [-0.25, -0.2) is 9.37 Å². The molecule has 1 aliphatic heterocycles. The Labute approximate surface area is 170 Å². The van der Waals surface area contributed by atoms with E-state index in [0.29, 0.717) is 19.5 Å². The Hall–Kier alpha value is -2.64. The molecule has 0 aliphatic carbocycles. The van der Waals surface area contributed by atoms with E-state index < -0.39 is 0 Å². The minimum atomic E-state index is -0.311. The minimum Gasteiger partial charge on any atom is -0.334 e. The van der Waals surface area contributed by atoms with E-state index in [9.17, 15) is 9.18 Å². The quantitative estimate of drug-likeness (QED) is 0.615. The second kappa shape index (κ2) is 8.80. The molecule has 7 heteroatoms. The van der Waals surface area contributed by atoms with Crippen molar-refractivity contribution in [1.82, 2.24) is 24.3 Å². The molecule has 1 aliphatic rings. The van der Waals surface area contributed by atoms with Crippen molar-refractivity contribution in [3.05, 3.63) is 48.7 Å². The topological polar surface area (TPSA) is 54.3 Å². The van der Waals surface area contributed by atoms with Gasteiger partial charge in [0.2, 0.25) is 0 Å². The Morgan fingerprint density at radius 1 is 1.07 bits per heavy atom. The molecule has 0 saturated carbocycles. The summed E-state index contributed by atoms with van der Waals surface area (Å²) in [6.45, 7) is 3.87. The molecule has 152 valence electrons. The number of nitrogens with zero attached hydrogens (tertiary/aromatic N) is 5. The highest BCUT2D eigenvalue weighted by atomic mass is 19.1. The predicted octanol–water partition coefficient (Wildman–Crippen LogP) is 2.33. The molecule has 0 amide bonds. The molecule has 29 heavy (non-hydrogen) atoms. The number of ketones is 1. The number of aromatic nitrogens is 3. The van der Waals surface area contributed by atoms with Gasteiger partial charge in [-0.05, 0) is 17.5 Å². The summed E-state index contributed by atoms with van der Waals surface area (Å²) < 4.78 is 14.4. The van der Waals surface area contributed by atoms with Gasteiger partial charge in [0.25, 0.3) is 0 Å². The molecule has 0 unspecified atom stereocenters. The molecular weight excluding hydrogens is 369 g/mol. The number of aryl methyl sites for hydroxylation is 1. The first-order valence-corrected chi connectivity index (χ1v) is 10.00. The molecule has 0 radical (unpaired) electrons. The molecule has 0 atom stereocenters. The van der Waals surface area contributed by atoms with Gasteiger partial charge in [-0.1, -0.05) is 12.1 Å². The number of rotatable bonds is 7. The van der Waals surface area contributed by atoms with Crippen LogP contribution >= 0.6 is 0 Å². The van der Waals surface area contributed by atoms with Crippen LogP contribution in [-0.2, 0) is 18.3 Å². The van der Waals surface area contributed by atoms with Crippen LogP contribution in [0, 0.1) is 0 Å². The standard InChI is InChI=1S/C22H26FN5O/c1-26-16-24-14-22(26)17-2-3-18-13-25-20(11-19(18)10-17)12-21(29)15-28-8-6-27(5-4-23)7-9-28/h2-3,10-11,13-14,16H,4-9,12,15H2,1H3. The summed E-state index contributed by atoms with van der Waals surface area (Å²) in [7, 11) is 1.97. The molecule has 3 heterocycles. The number of Topliss-reactive ketones (excluding diaryl/α,β-unsaturated/α-hetero) is 1. The number of fused-ring (bicyclic) bond motifs is 1. The minimum absolute atomic E-state index is 0.165. The lowest BCUT2D eigenvalue weighted by atomic mass is 10.0. The van der Waals surface area contributed by atoms with Crippen LogP contribution in [0.1, 0.15) is 5.69 Å². The van der Waals surface area contributed by atoms with Crippen molar-refractivity contribution in [2.45, 2.75) is 6.42 Å². The fourth-order valence-corrected chi connectivity index (χ4v) is 3.88. The van der Waals surface area contributed by atoms with Gasteiger partial charge in [0, 0.05) is 62.6 Å². The molecule has 2 aromatic heterocycles. The molecule has 0 N–H and O–H groups in total. The first-order chi connectivity index (χ1) is 14.1. The Kier molecular flexibility index (Phi) is 5.97. The lowest BCUT2D eigenvalue weighted by Gasteiger charge is -2.33. The van der Waals surface area contributed by atoms with Gasteiger partial charge in [-0.3, -0.25) is 19.6 Å². The molecule has 0 bridgehead atoms. The fourth-order valence-electron chi connectivity index (χ4n) is 3.88. The summed E-state index contributed by atoms with van der Waals surface area (Å²) in [5.41, 5.74) is 2.93.